The molecule has 1 atom stereocenters. The van der Waals surface area contributed by atoms with Gasteiger partial charge in [-0.2, -0.15) is 5.26 Å². The van der Waals surface area contributed by atoms with Crippen molar-refractivity contribution in [3.63, 3.8) is 0 Å². The average molecular weight is 483 g/mol. The third-order valence-electron chi connectivity index (χ3n) is 5.74. The molecule has 0 amide bonds. The molecule has 1 unspecified atom stereocenters. The van der Waals surface area contributed by atoms with E-state index in [9.17, 15) is 10.1 Å². The number of ether oxygens (including phenoxy) is 3. The van der Waals surface area contributed by atoms with E-state index in [4.69, 9.17) is 31.5 Å². The Balaban J connectivity index is 1.44. The molecule has 0 saturated carbocycles. The van der Waals surface area contributed by atoms with Gasteiger partial charge in [0.2, 0.25) is 5.88 Å². The molecule has 0 fully saturated rings. The average Bonchev–Trinajstić information content (AvgIpc) is 2.87. The number of nitrogens with two attached hydrogens (primary N) is 1. The first-order chi connectivity index (χ1) is 17.0. The van der Waals surface area contributed by atoms with Crippen molar-refractivity contribution in [1.82, 2.24) is 0 Å². The molecule has 0 bridgehead atoms. The highest BCUT2D eigenvalue weighted by Gasteiger charge is 2.32. The minimum Gasteiger partial charge on any atom is -0.480 e. The van der Waals surface area contributed by atoms with Crippen LogP contribution in [0.25, 0.3) is 10.8 Å². The van der Waals surface area contributed by atoms with Crippen LogP contribution in [0.1, 0.15) is 17.0 Å². The summed E-state index contributed by atoms with van der Waals surface area (Å²) < 4.78 is 16.6. The number of carbonyl (C=O) groups is 1. The number of carbonyl (C=O) groups excluding carboxylic acids is 1. The van der Waals surface area contributed by atoms with Gasteiger partial charge in [0.05, 0.1) is 10.9 Å². The molecule has 0 radical (unpaired) electrons. The number of para-hydroxylation sites is 1. The highest BCUT2D eigenvalue weighted by Crippen LogP contribution is 2.45. The number of nitriles is 1. The predicted octanol–water partition coefficient (Wildman–Crippen LogP) is 5.70. The van der Waals surface area contributed by atoms with E-state index in [0.717, 1.165) is 21.9 Å². The summed E-state index contributed by atoms with van der Waals surface area (Å²) in [7, 11) is 0. The van der Waals surface area contributed by atoms with Gasteiger partial charge in [0.1, 0.15) is 28.9 Å². The summed E-state index contributed by atoms with van der Waals surface area (Å²) in [6.45, 7) is -0.319. The zero-order chi connectivity index (χ0) is 24.4. The van der Waals surface area contributed by atoms with Gasteiger partial charge >= 0.3 is 5.97 Å². The van der Waals surface area contributed by atoms with Crippen LogP contribution < -0.4 is 19.9 Å². The van der Waals surface area contributed by atoms with Gasteiger partial charge in [-0.1, -0.05) is 72.3 Å². The topological polar surface area (TPSA) is 94.6 Å². The number of hydrogen-bond donors (Lipinski definition) is 1. The number of fused-ring (bicyclic) bond motifs is 2. The molecule has 172 valence electrons. The van der Waals surface area contributed by atoms with Crippen LogP contribution in [0.5, 0.6) is 17.2 Å². The lowest BCUT2D eigenvalue weighted by molar-refractivity contribution is -0.136. The van der Waals surface area contributed by atoms with Crippen molar-refractivity contribution in [3.05, 3.63) is 113 Å². The first kappa shape index (κ1) is 22.3. The predicted molar refractivity (Wildman–Crippen MR) is 132 cm³/mol. The summed E-state index contributed by atoms with van der Waals surface area (Å²) in [6, 6.07) is 28.0. The molecule has 7 heteroatoms. The van der Waals surface area contributed by atoms with Crippen molar-refractivity contribution in [2.45, 2.75) is 5.92 Å². The SMILES string of the molecule is N#CC1=C(N)Oc2cc(OC(=O)COc3ccccc3Cl)ccc2C1c1cccc2ccccc12. The summed E-state index contributed by atoms with van der Waals surface area (Å²) in [5.74, 6) is 0.0528. The van der Waals surface area contributed by atoms with E-state index in [0.29, 0.717) is 22.1 Å². The van der Waals surface area contributed by atoms with Crippen LogP contribution in [0.3, 0.4) is 0 Å². The first-order valence-corrected chi connectivity index (χ1v) is 11.2. The molecule has 0 aromatic heterocycles. The Morgan fingerprint density at radius 1 is 1.00 bits per heavy atom. The second kappa shape index (κ2) is 9.41. The molecule has 5 rings (SSSR count). The maximum absolute atomic E-state index is 12.4. The van der Waals surface area contributed by atoms with Crippen LogP contribution in [0.15, 0.2) is 96.4 Å². The molecule has 1 heterocycles. The zero-order valence-electron chi connectivity index (χ0n) is 18.4. The number of esters is 1. The molecule has 1 aliphatic heterocycles. The van der Waals surface area contributed by atoms with E-state index in [1.165, 1.54) is 0 Å². The number of rotatable bonds is 5. The third kappa shape index (κ3) is 4.37. The van der Waals surface area contributed by atoms with Gasteiger partial charge < -0.3 is 19.9 Å². The van der Waals surface area contributed by atoms with E-state index < -0.39 is 11.9 Å². The van der Waals surface area contributed by atoms with Gasteiger partial charge in [0.15, 0.2) is 6.61 Å². The number of hydrogen-bond acceptors (Lipinski definition) is 6. The van der Waals surface area contributed by atoms with Crippen molar-refractivity contribution >= 4 is 28.3 Å². The molecular formula is C28H19ClN2O4. The van der Waals surface area contributed by atoms with Crippen molar-refractivity contribution in [3.8, 4) is 23.3 Å². The third-order valence-corrected chi connectivity index (χ3v) is 6.05. The van der Waals surface area contributed by atoms with Gasteiger partial charge in [-0.3, -0.25) is 0 Å². The number of halogens is 1. The van der Waals surface area contributed by atoms with E-state index in [2.05, 4.69) is 6.07 Å². The first-order valence-electron chi connectivity index (χ1n) is 10.8. The van der Waals surface area contributed by atoms with Crippen LogP contribution in [-0.4, -0.2) is 12.6 Å². The summed E-state index contributed by atoms with van der Waals surface area (Å²) in [5, 5.41) is 12.3. The maximum Gasteiger partial charge on any atom is 0.349 e. The van der Waals surface area contributed by atoms with Gasteiger partial charge in [0, 0.05) is 11.6 Å². The van der Waals surface area contributed by atoms with Crippen molar-refractivity contribution in [2.24, 2.45) is 5.73 Å². The zero-order valence-corrected chi connectivity index (χ0v) is 19.2. The smallest absolute Gasteiger partial charge is 0.349 e. The quantitative estimate of drug-likeness (QED) is 0.290. The molecule has 0 aliphatic carbocycles. The molecule has 35 heavy (non-hydrogen) atoms. The Morgan fingerprint density at radius 2 is 1.77 bits per heavy atom. The lowest BCUT2D eigenvalue weighted by Crippen LogP contribution is -2.22. The Bertz CT molecular complexity index is 1520. The van der Waals surface area contributed by atoms with Gasteiger partial charge in [-0.05, 0) is 34.5 Å². The van der Waals surface area contributed by atoms with Crippen molar-refractivity contribution in [1.29, 1.82) is 5.26 Å². The molecule has 6 nitrogen and oxygen atoms in total. The van der Waals surface area contributed by atoms with E-state index in [1.807, 2.05) is 42.5 Å². The molecule has 4 aromatic rings. The fraction of sp³-hybridized carbons (Fsp3) is 0.0714. The summed E-state index contributed by atoms with van der Waals surface area (Å²) in [5.41, 5.74) is 8.16. The fourth-order valence-corrected chi connectivity index (χ4v) is 4.37. The minimum absolute atomic E-state index is 0.0171. The second-order valence-electron chi connectivity index (χ2n) is 7.89. The highest BCUT2D eigenvalue weighted by atomic mass is 35.5. The minimum atomic E-state index is -0.604. The van der Waals surface area contributed by atoms with Crippen LogP contribution in [0, 0.1) is 11.3 Å². The maximum atomic E-state index is 12.4. The lowest BCUT2D eigenvalue weighted by Gasteiger charge is -2.27. The Labute approximate surface area is 206 Å². The van der Waals surface area contributed by atoms with Crippen LogP contribution in [0.4, 0.5) is 0 Å². The molecular weight excluding hydrogens is 464 g/mol. The highest BCUT2D eigenvalue weighted by molar-refractivity contribution is 6.32. The molecule has 2 N–H and O–H groups in total. The Kier molecular flexibility index (Phi) is 6.01. The molecule has 0 spiro atoms. The standard InChI is InChI=1S/C28H19ClN2O4/c29-23-10-3-4-11-24(23)33-16-26(32)34-18-12-13-21-25(14-18)35-28(31)22(15-30)27(21)20-9-5-7-17-6-1-2-8-19(17)20/h1-14,27H,16,31H2. The molecule has 4 aromatic carbocycles. The Hall–Kier alpha value is -4.47. The second-order valence-corrected chi connectivity index (χ2v) is 8.29. The van der Waals surface area contributed by atoms with Gasteiger partial charge in [-0.25, -0.2) is 4.79 Å². The fourth-order valence-electron chi connectivity index (χ4n) is 4.18. The van der Waals surface area contributed by atoms with E-state index in [-0.39, 0.29) is 18.2 Å². The molecule has 1 aliphatic rings. The van der Waals surface area contributed by atoms with Crippen molar-refractivity contribution in [2.75, 3.05) is 6.61 Å². The number of allylic oxidation sites excluding steroid dienone is 1. The molecule has 0 saturated heterocycles. The van der Waals surface area contributed by atoms with Crippen LogP contribution in [0.2, 0.25) is 5.02 Å². The normalized spacial score (nSPS) is 14.6. The van der Waals surface area contributed by atoms with Crippen LogP contribution >= 0.6 is 11.6 Å². The lowest BCUT2D eigenvalue weighted by atomic mass is 9.81. The summed E-state index contributed by atoms with van der Waals surface area (Å²) in [4.78, 5) is 12.4. The summed E-state index contributed by atoms with van der Waals surface area (Å²) >= 11 is 6.05. The van der Waals surface area contributed by atoms with E-state index >= 15 is 0 Å². The largest absolute Gasteiger partial charge is 0.480 e. The van der Waals surface area contributed by atoms with Gasteiger partial charge in [0.25, 0.3) is 0 Å². The van der Waals surface area contributed by atoms with E-state index in [1.54, 1.807) is 42.5 Å². The van der Waals surface area contributed by atoms with Crippen molar-refractivity contribution < 1.29 is 19.0 Å². The van der Waals surface area contributed by atoms with Crippen LogP contribution in [-0.2, 0) is 4.79 Å². The monoisotopic (exact) mass is 482 g/mol. The number of benzene rings is 4. The summed E-state index contributed by atoms with van der Waals surface area (Å²) in [6.07, 6.45) is 0. The number of nitrogens with zero attached hydrogens (tertiary/aromatic N) is 1. The Morgan fingerprint density at radius 3 is 2.60 bits per heavy atom. The van der Waals surface area contributed by atoms with Gasteiger partial charge in [-0.15, -0.1) is 0 Å².